The highest BCUT2D eigenvalue weighted by atomic mass is 32.2. The van der Waals surface area contributed by atoms with Crippen LogP contribution < -0.4 is 19.5 Å². The molecule has 2 aromatic carbocycles. The fourth-order valence-electron chi connectivity index (χ4n) is 3.11. The highest BCUT2D eigenvalue weighted by Gasteiger charge is 2.20. The van der Waals surface area contributed by atoms with Crippen LogP contribution >= 0.6 is 0 Å². The van der Waals surface area contributed by atoms with Gasteiger partial charge in [-0.2, -0.15) is 0 Å². The van der Waals surface area contributed by atoms with E-state index in [2.05, 4.69) is 15.2 Å². The molecule has 0 spiro atoms. The minimum atomic E-state index is -3.91. The SMILES string of the molecule is COc1ccccc1CNS(=O)(=O)c1cc(/C=C\c2onc(C)c2NC(C)=O)ccc1OC. The molecule has 0 bridgehead atoms. The molecule has 2 N–H and O–H groups in total. The maximum Gasteiger partial charge on any atom is 0.244 e. The number of aromatic nitrogens is 1. The molecule has 3 rings (SSSR count). The zero-order chi connectivity index (χ0) is 24.0. The van der Waals surface area contributed by atoms with Crippen LogP contribution in [0.25, 0.3) is 12.2 Å². The van der Waals surface area contributed by atoms with Gasteiger partial charge in [0.25, 0.3) is 0 Å². The Bertz CT molecular complexity index is 1280. The van der Waals surface area contributed by atoms with Gasteiger partial charge in [-0.25, -0.2) is 13.1 Å². The quantitative estimate of drug-likeness (QED) is 0.489. The Hall–Kier alpha value is -3.63. The van der Waals surface area contributed by atoms with Gasteiger partial charge in [-0.05, 0) is 36.8 Å². The molecule has 174 valence electrons. The standard InChI is InChI=1S/C23H25N3O6S/c1-15-23(25-16(2)27)21(32-26-15)12-10-17-9-11-20(31-4)22(13-17)33(28,29)24-14-18-7-5-6-8-19(18)30-3/h5-13,24H,14H2,1-4H3,(H,25,27)/b12-10-. The number of amides is 1. The number of nitrogens with one attached hydrogen (secondary N) is 2. The first kappa shape index (κ1) is 24.0. The number of anilines is 1. The van der Waals surface area contributed by atoms with Gasteiger partial charge in [0.05, 0.1) is 14.2 Å². The molecule has 33 heavy (non-hydrogen) atoms. The van der Waals surface area contributed by atoms with E-state index in [1.165, 1.54) is 27.2 Å². The summed E-state index contributed by atoms with van der Waals surface area (Å²) in [6.45, 7) is 3.14. The number of carbonyl (C=O) groups excluding carboxylic acids is 1. The number of para-hydroxylation sites is 1. The summed E-state index contributed by atoms with van der Waals surface area (Å²) in [7, 11) is -0.978. The summed E-state index contributed by atoms with van der Waals surface area (Å²) in [5.74, 6) is 0.877. The Morgan fingerprint density at radius 1 is 1.09 bits per heavy atom. The van der Waals surface area contributed by atoms with Gasteiger partial charge in [-0.3, -0.25) is 4.79 Å². The van der Waals surface area contributed by atoms with E-state index in [-0.39, 0.29) is 23.1 Å². The van der Waals surface area contributed by atoms with E-state index in [0.717, 1.165) is 0 Å². The lowest BCUT2D eigenvalue weighted by Gasteiger charge is -2.13. The monoisotopic (exact) mass is 471 g/mol. The van der Waals surface area contributed by atoms with Crippen LogP contribution in [0.1, 0.15) is 29.5 Å². The number of carbonyl (C=O) groups is 1. The van der Waals surface area contributed by atoms with Crippen LogP contribution in [0, 0.1) is 6.92 Å². The summed E-state index contributed by atoms with van der Waals surface area (Å²) < 4.78 is 44.5. The van der Waals surface area contributed by atoms with Crippen molar-refractivity contribution in [3.05, 3.63) is 65.0 Å². The van der Waals surface area contributed by atoms with Gasteiger partial charge in [0.15, 0.2) is 5.76 Å². The maximum absolute atomic E-state index is 13.1. The highest BCUT2D eigenvalue weighted by molar-refractivity contribution is 7.89. The molecule has 0 fully saturated rings. The summed E-state index contributed by atoms with van der Waals surface area (Å²) in [5, 5.41) is 6.53. The second-order valence-electron chi connectivity index (χ2n) is 7.07. The fourth-order valence-corrected chi connectivity index (χ4v) is 4.32. The molecular weight excluding hydrogens is 446 g/mol. The summed E-state index contributed by atoms with van der Waals surface area (Å²) in [4.78, 5) is 11.4. The second kappa shape index (κ2) is 10.3. The third-order valence-electron chi connectivity index (χ3n) is 4.74. The Kier molecular flexibility index (Phi) is 7.52. The number of rotatable bonds is 9. The molecule has 1 heterocycles. The summed E-state index contributed by atoms with van der Waals surface area (Å²) in [5.41, 5.74) is 2.27. The van der Waals surface area contributed by atoms with E-state index >= 15 is 0 Å². The van der Waals surface area contributed by atoms with Crippen LogP contribution in [0.2, 0.25) is 0 Å². The van der Waals surface area contributed by atoms with Crippen molar-refractivity contribution < 1.29 is 27.2 Å². The number of ether oxygens (including phenoxy) is 2. The largest absolute Gasteiger partial charge is 0.496 e. The first-order chi connectivity index (χ1) is 15.7. The Labute approximate surface area is 192 Å². The topological polar surface area (TPSA) is 120 Å². The normalized spacial score (nSPS) is 11.5. The van der Waals surface area contributed by atoms with Gasteiger partial charge in [0, 0.05) is 19.0 Å². The fraction of sp³-hybridized carbons (Fsp3) is 0.217. The molecule has 0 aliphatic rings. The van der Waals surface area contributed by atoms with Crippen molar-refractivity contribution in [1.29, 1.82) is 0 Å². The number of benzene rings is 2. The van der Waals surface area contributed by atoms with Crippen LogP contribution in [-0.4, -0.2) is 33.7 Å². The van der Waals surface area contributed by atoms with E-state index in [9.17, 15) is 13.2 Å². The lowest BCUT2D eigenvalue weighted by atomic mass is 10.2. The second-order valence-corrected chi connectivity index (χ2v) is 8.80. The van der Waals surface area contributed by atoms with E-state index < -0.39 is 10.0 Å². The number of aryl methyl sites for hydroxylation is 1. The van der Waals surface area contributed by atoms with Gasteiger partial charge < -0.3 is 19.3 Å². The molecule has 0 unspecified atom stereocenters. The van der Waals surface area contributed by atoms with Gasteiger partial charge in [0.2, 0.25) is 15.9 Å². The molecule has 1 amide bonds. The molecule has 0 saturated carbocycles. The van der Waals surface area contributed by atoms with Crippen LogP contribution in [0.3, 0.4) is 0 Å². The van der Waals surface area contributed by atoms with Crippen molar-refractivity contribution in [2.75, 3.05) is 19.5 Å². The zero-order valence-corrected chi connectivity index (χ0v) is 19.5. The van der Waals surface area contributed by atoms with E-state index in [4.69, 9.17) is 14.0 Å². The van der Waals surface area contributed by atoms with Crippen molar-refractivity contribution in [2.45, 2.75) is 25.3 Å². The highest BCUT2D eigenvalue weighted by Crippen LogP contribution is 2.28. The van der Waals surface area contributed by atoms with Crippen LogP contribution in [0.5, 0.6) is 11.5 Å². The molecule has 3 aromatic rings. The lowest BCUT2D eigenvalue weighted by molar-refractivity contribution is -0.114. The molecule has 0 radical (unpaired) electrons. The minimum absolute atomic E-state index is 0.0158. The average molecular weight is 472 g/mol. The number of sulfonamides is 1. The van der Waals surface area contributed by atoms with E-state index in [1.54, 1.807) is 49.4 Å². The Morgan fingerprint density at radius 2 is 1.82 bits per heavy atom. The molecule has 0 saturated heterocycles. The van der Waals surface area contributed by atoms with Crippen LogP contribution in [0.15, 0.2) is 51.9 Å². The summed E-state index contributed by atoms with van der Waals surface area (Å²) >= 11 is 0. The number of hydrogen-bond acceptors (Lipinski definition) is 7. The van der Waals surface area contributed by atoms with E-state index in [0.29, 0.717) is 34.0 Å². The smallest absolute Gasteiger partial charge is 0.244 e. The predicted molar refractivity (Wildman–Crippen MR) is 124 cm³/mol. The van der Waals surface area contributed by atoms with Gasteiger partial charge in [-0.1, -0.05) is 35.5 Å². The summed E-state index contributed by atoms with van der Waals surface area (Å²) in [6, 6.07) is 11.9. The van der Waals surface area contributed by atoms with Crippen LogP contribution in [-0.2, 0) is 21.4 Å². The Balaban J connectivity index is 1.88. The lowest BCUT2D eigenvalue weighted by Crippen LogP contribution is -2.24. The van der Waals surface area contributed by atoms with E-state index in [1.807, 2.05) is 6.07 Å². The molecule has 10 heteroatoms. The molecule has 0 atom stereocenters. The number of methoxy groups -OCH3 is 2. The first-order valence-corrected chi connectivity index (χ1v) is 11.4. The molecule has 0 aliphatic heterocycles. The number of hydrogen-bond donors (Lipinski definition) is 2. The molecule has 1 aromatic heterocycles. The predicted octanol–water partition coefficient (Wildman–Crippen LogP) is 3.61. The third kappa shape index (κ3) is 5.79. The number of nitrogens with zero attached hydrogens (tertiary/aromatic N) is 1. The molecule has 9 nitrogen and oxygen atoms in total. The van der Waals surface area contributed by atoms with Crippen molar-refractivity contribution in [3.63, 3.8) is 0 Å². The third-order valence-corrected chi connectivity index (χ3v) is 6.16. The van der Waals surface area contributed by atoms with Gasteiger partial charge in [0.1, 0.15) is 27.8 Å². The van der Waals surface area contributed by atoms with Crippen molar-refractivity contribution >= 4 is 33.8 Å². The molecular formula is C23H25N3O6S. The first-order valence-electron chi connectivity index (χ1n) is 9.96. The summed E-state index contributed by atoms with van der Waals surface area (Å²) in [6.07, 6.45) is 3.26. The van der Waals surface area contributed by atoms with Crippen molar-refractivity contribution in [1.82, 2.24) is 9.88 Å². The average Bonchev–Trinajstić information content (AvgIpc) is 3.14. The maximum atomic E-state index is 13.1. The zero-order valence-electron chi connectivity index (χ0n) is 18.7. The van der Waals surface area contributed by atoms with Crippen molar-refractivity contribution in [2.24, 2.45) is 0 Å². The Morgan fingerprint density at radius 3 is 2.52 bits per heavy atom. The van der Waals surface area contributed by atoms with Crippen molar-refractivity contribution in [3.8, 4) is 11.5 Å². The van der Waals surface area contributed by atoms with Gasteiger partial charge >= 0.3 is 0 Å². The van der Waals surface area contributed by atoms with Gasteiger partial charge in [-0.15, -0.1) is 0 Å². The molecule has 0 aliphatic carbocycles. The minimum Gasteiger partial charge on any atom is -0.496 e. The van der Waals surface area contributed by atoms with Crippen LogP contribution in [0.4, 0.5) is 5.69 Å².